The molecule has 5 nitrogen and oxygen atoms in total. The third kappa shape index (κ3) is 2.38. The number of hydrogen-bond donors (Lipinski definition) is 0. The Morgan fingerprint density at radius 2 is 1.44 bits per heavy atom. The van der Waals surface area contributed by atoms with Crippen molar-refractivity contribution in [2.24, 2.45) is 23.7 Å². The number of para-hydroxylation sites is 2. The Bertz CT molecular complexity index is 919. The van der Waals surface area contributed by atoms with E-state index in [1.165, 1.54) is 4.90 Å². The number of carbonyl (C=O) groups excluding carboxylic acids is 2. The molecule has 3 aliphatic rings. The van der Waals surface area contributed by atoms with Crippen LogP contribution < -0.4 is 14.4 Å². The molecule has 1 saturated heterocycles. The molecule has 5 rings (SSSR count). The number of nitrogens with zero attached hydrogens (tertiary/aromatic N) is 1. The van der Waals surface area contributed by atoms with E-state index >= 15 is 0 Å². The molecule has 27 heavy (non-hydrogen) atoms. The average molecular weight is 361 g/mol. The van der Waals surface area contributed by atoms with E-state index in [-0.39, 0.29) is 35.5 Å². The number of amides is 2. The second-order valence-electron chi connectivity index (χ2n) is 7.26. The van der Waals surface area contributed by atoms with Crippen LogP contribution in [0.15, 0.2) is 60.7 Å². The summed E-state index contributed by atoms with van der Waals surface area (Å²) in [5.74, 6) is 1.79. The summed E-state index contributed by atoms with van der Waals surface area (Å²) in [7, 11) is 1.59. The van der Waals surface area contributed by atoms with Gasteiger partial charge in [-0.1, -0.05) is 24.3 Å². The molecule has 0 radical (unpaired) electrons. The van der Waals surface area contributed by atoms with Crippen molar-refractivity contribution in [3.05, 3.63) is 60.7 Å². The number of ether oxygens (including phenoxy) is 2. The molecule has 2 fully saturated rings. The van der Waals surface area contributed by atoms with Gasteiger partial charge in [0.25, 0.3) is 0 Å². The standard InChI is InChI=1S/C22H19NO4/c1-26-17-4-2-3-5-18(17)27-16-10-8-15(9-11-16)23-21(24)19-13-6-7-14(12-13)20(19)22(23)25/h2-11,13-14,19-20H,12H2,1H3/t13-,14-,19+,20+/m0/s1. The zero-order chi connectivity index (χ0) is 18.5. The third-order valence-electron chi connectivity index (χ3n) is 5.86. The van der Waals surface area contributed by atoms with Crippen molar-refractivity contribution in [1.82, 2.24) is 0 Å². The lowest BCUT2D eigenvalue weighted by molar-refractivity contribution is -0.123. The maximum absolute atomic E-state index is 12.9. The quantitative estimate of drug-likeness (QED) is 0.614. The largest absolute Gasteiger partial charge is 0.493 e. The zero-order valence-corrected chi connectivity index (χ0v) is 14.9. The first kappa shape index (κ1) is 16.1. The van der Waals surface area contributed by atoms with Crippen LogP contribution >= 0.6 is 0 Å². The first-order chi connectivity index (χ1) is 13.2. The number of allylic oxidation sites excluding steroid dienone is 2. The molecule has 2 aromatic rings. The number of methoxy groups -OCH3 is 1. The van der Waals surface area contributed by atoms with E-state index in [0.717, 1.165) is 6.42 Å². The van der Waals surface area contributed by atoms with Crippen LogP contribution in [0.1, 0.15) is 6.42 Å². The number of anilines is 1. The Morgan fingerprint density at radius 3 is 2.04 bits per heavy atom. The van der Waals surface area contributed by atoms with E-state index in [2.05, 4.69) is 12.2 Å². The number of benzene rings is 2. The van der Waals surface area contributed by atoms with Crippen LogP contribution in [0.5, 0.6) is 17.2 Å². The number of hydrogen-bond acceptors (Lipinski definition) is 4. The van der Waals surface area contributed by atoms with Gasteiger partial charge in [0.2, 0.25) is 11.8 Å². The fourth-order valence-electron chi connectivity index (χ4n) is 4.65. The molecule has 1 aliphatic heterocycles. The predicted molar refractivity (Wildman–Crippen MR) is 99.7 cm³/mol. The molecular weight excluding hydrogens is 342 g/mol. The van der Waals surface area contributed by atoms with E-state index in [4.69, 9.17) is 9.47 Å². The maximum atomic E-state index is 12.9. The molecule has 2 bridgehead atoms. The van der Waals surface area contributed by atoms with Crippen molar-refractivity contribution >= 4 is 17.5 Å². The van der Waals surface area contributed by atoms with Gasteiger partial charge in [0, 0.05) is 0 Å². The number of fused-ring (bicyclic) bond motifs is 5. The molecule has 4 atom stereocenters. The molecule has 0 spiro atoms. The minimum absolute atomic E-state index is 0.0692. The normalized spacial score (nSPS) is 28.0. The van der Waals surface area contributed by atoms with Crippen molar-refractivity contribution in [2.75, 3.05) is 12.0 Å². The Kier molecular flexibility index (Phi) is 3.57. The molecule has 5 heteroatoms. The number of imide groups is 1. The Balaban J connectivity index is 1.38. The van der Waals surface area contributed by atoms with Crippen LogP contribution in [0.25, 0.3) is 0 Å². The SMILES string of the molecule is COc1ccccc1Oc1ccc(N2C(=O)[C@H]3[C@H](C2=O)[C@H]2C=C[C@H]3C2)cc1. The van der Waals surface area contributed by atoms with Gasteiger partial charge in [-0.05, 0) is 54.7 Å². The van der Waals surface area contributed by atoms with Crippen molar-refractivity contribution < 1.29 is 19.1 Å². The predicted octanol–water partition coefficient (Wildman–Crippen LogP) is 3.80. The zero-order valence-electron chi connectivity index (χ0n) is 14.9. The minimum Gasteiger partial charge on any atom is -0.493 e. The molecule has 0 aromatic heterocycles. The second kappa shape index (κ2) is 5.98. The topological polar surface area (TPSA) is 55.8 Å². The summed E-state index contributed by atoms with van der Waals surface area (Å²) in [4.78, 5) is 27.1. The Morgan fingerprint density at radius 1 is 0.852 bits per heavy atom. The highest BCUT2D eigenvalue weighted by Crippen LogP contribution is 2.53. The van der Waals surface area contributed by atoms with E-state index in [9.17, 15) is 9.59 Å². The van der Waals surface area contributed by atoms with Gasteiger partial charge in [0.05, 0.1) is 24.6 Å². The molecule has 2 aliphatic carbocycles. The van der Waals surface area contributed by atoms with Crippen LogP contribution in [-0.4, -0.2) is 18.9 Å². The summed E-state index contributed by atoms with van der Waals surface area (Å²) in [6.07, 6.45) is 5.14. The second-order valence-corrected chi connectivity index (χ2v) is 7.26. The van der Waals surface area contributed by atoms with Crippen molar-refractivity contribution in [3.63, 3.8) is 0 Å². The average Bonchev–Trinajstić information content (AvgIpc) is 3.37. The highest BCUT2D eigenvalue weighted by molar-refractivity contribution is 6.22. The maximum Gasteiger partial charge on any atom is 0.238 e. The number of rotatable bonds is 4. The highest BCUT2D eigenvalue weighted by Gasteiger charge is 2.59. The molecule has 2 aromatic carbocycles. The van der Waals surface area contributed by atoms with E-state index < -0.39 is 0 Å². The lowest BCUT2D eigenvalue weighted by atomic mass is 9.85. The molecule has 1 saturated carbocycles. The fraction of sp³-hybridized carbons (Fsp3) is 0.273. The molecule has 136 valence electrons. The molecule has 2 amide bonds. The summed E-state index contributed by atoms with van der Waals surface area (Å²) in [6, 6.07) is 14.4. The third-order valence-corrected chi connectivity index (χ3v) is 5.86. The lowest BCUT2D eigenvalue weighted by Gasteiger charge is -2.18. The minimum atomic E-state index is -0.183. The van der Waals surface area contributed by atoms with Crippen LogP contribution in [0.3, 0.4) is 0 Å². The van der Waals surface area contributed by atoms with Gasteiger partial charge in [0.1, 0.15) is 5.75 Å². The van der Waals surface area contributed by atoms with E-state index in [1.807, 2.05) is 24.3 Å². The van der Waals surface area contributed by atoms with Gasteiger partial charge in [-0.15, -0.1) is 0 Å². The molecule has 1 heterocycles. The van der Waals surface area contributed by atoms with Crippen molar-refractivity contribution in [1.29, 1.82) is 0 Å². The molecule has 0 N–H and O–H groups in total. The monoisotopic (exact) mass is 361 g/mol. The lowest BCUT2D eigenvalue weighted by Crippen LogP contribution is -2.32. The van der Waals surface area contributed by atoms with Crippen LogP contribution in [0.4, 0.5) is 5.69 Å². The molecule has 0 unspecified atom stereocenters. The van der Waals surface area contributed by atoms with Crippen molar-refractivity contribution in [3.8, 4) is 17.2 Å². The van der Waals surface area contributed by atoms with Gasteiger partial charge >= 0.3 is 0 Å². The fourth-order valence-corrected chi connectivity index (χ4v) is 4.65. The first-order valence-corrected chi connectivity index (χ1v) is 9.14. The summed E-state index contributed by atoms with van der Waals surface area (Å²) in [6.45, 7) is 0. The molecular formula is C22H19NO4. The summed E-state index contributed by atoms with van der Waals surface area (Å²) in [5, 5.41) is 0. The van der Waals surface area contributed by atoms with Gasteiger partial charge in [0.15, 0.2) is 11.5 Å². The first-order valence-electron chi connectivity index (χ1n) is 9.14. The Labute approximate surface area is 157 Å². The Hall–Kier alpha value is -3.08. The van der Waals surface area contributed by atoms with Gasteiger partial charge in [-0.3, -0.25) is 14.5 Å². The van der Waals surface area contributed by atoms with Crippen molar-refractivity contribution in [2.45, 2.75) is 6.42 Å². The van der Waals surface area contributed by atoms with Crippen LogP contribution in [0, 0.1) is 23.7 Å². The summed E-state index contributed by atoms with van der Waals surface area (Å²) >= 11 is 0. The summed E-state index contributed by atoms with van der Waals surface area (Å²) < 4.78 is 11.2. The smallest absolute Gasteiger partial charge is 0.238 e. The van der Waals surface area contributed by atoms with Gasteiger partial charge < -0.3 is 9.47 Å². The number of carbonyl (C=O) groups is 2. The summed E-state index contributed by atoms with van der Waals surface area (Å²) in [5.41, 5.74) is 0.603. The highest BCUT2D eigenvalue weighted by atomic mass is 16.5. The van der Waals surface area contributed by atoms with E-state index in [0.29, 0.717) is 22.9 Å². The van der Waals surface area contributed by atoms with Crippen LogP contribution in [0.2, 0.25) is 0 Å². The van der Waals surface area contributed by atoms with Gasteiger partial charge in [-0.2, -0.15) is 0 Å². The van der Waals surface area contributed by atoms with E-state index in [1.54, 1.807) is 31.4 Å². The van der Waals surface area contributed by atoms with Crippen LogP contribution in [-0.2, 0) is 9.59 Å². The van der Waals surface area contributed by atoms with Gasteiger partial charge in [-0.25, -0.2) is 0 Å².